The number of hydrogen-bond acceptors (Lipinski definition) is 2. The fraction of sp³-hybridized carbons (Fsp3) is 0.417. The molecule has 0 aliphatic rings. The third-order valence-electron chi connectivity index (χ3n) is 8.24. The van der Waals surface area contributed by atoms with Crippen LogP contribution in [0.15, 0.2) is 101 Å². The quantitative estimate of drug-likeness (QED) is 0.107. The summed E-state index contributed by atoms with van der Waals surface area (Å²) in [6.07, 6.45) is 10.3. The number of carboxylic acid groups (broad SMARTS) is 1. The van der Waals surface area contributed by atoms with Crippen LogP contribution in [0.25, 0.3) is 0 Å². The predicted octanol–water partition coefficient (Wildman–Crippen LogP) is 9.36. The van der Waals surface area contributed by atoms with E-state index in [9.17, 15) is 9.90 Å². The molecule has 3 aromatic rings. The number of carbonyl (C=O) groups is 1. The molecule has 2 N–H and O–H groups in total. The Bertz CT molecular complexity index is 1030. The zero-order valence-electron chi connectivity index (χ0n) is 24.8. The van der Waals surface area contributed by atoms with Gasteiger partial charge in [-0.2, -0.15) is 0 Å². The molecule has 0 amide bonds. The van der Waals surface area contributed by atoms with Crippen LogP contribution in [0.1, 0.15) is 82.4 Å². The van der Waals surface area contributed by atoms with Gasteiger partial charge in [0.05, 0.1) is 0 Å². The van der Waals surface area contributed by atoms with Crippen molar-refractivity contribution in [3.63, 3.8) is 0 Å². The standard InChI is InChI=1S/C24H22NO2.3C4H9.Sn/c1-2-12-22(23(26)27)25-24(19-13-6-3-7-14-19,20-15-8-4-9-16-20)21-17-10-5-11-18-21;3*1-3-4-2;/h1-11,13-18,22,25H,12H2,(H,26,27);3*1,3-4H2,2H3;/t22-;;;;/m0..../s1. The van der Waals surface area contributed by atoms with Gasteiger partial charge in [-0.25, -0.2) is 0 Å². The van der Waals surface area contributed by atoms with Crippen molar-refractivity contribution >= 4 is 24.3 Å². The molecule has 3 nitrogen and oxygen atoms in total. The van der Waals surface area contributed by atoms with Crippen molar-refractivity contribution in [2.75, 3.05) is 0 Å². The second-order valence-electron chi connectivity index (χ2n) is 11.2. The van der Waals surface area contributed by atoms with Gasteiger partial charge in [0.2, 0.25) is 0 Å². The van der Waals surface area contributed by atoms with E-state index in [1.165, 1.54) is 51.8 Å². The molecule has 0 saturated heterocycles. The van der Waals surface area contributed by atoms with E-state index in [1.54, 1.807) is 0 Å². The summed E-state index contributed by atoms with van der Waals surface area (Å²) >= 11 is -2.52. The third kappa shape index (κ3) is 8.56. The average molecular weight is 647 g/mol. The van der Waals surface area contributed by atoms with Crippen molar-refractivity contribution in [2.24, 2.45) is 0 Å². The van der Waals surface area contributed by atoms with Gasteiger partial charge in [0, 0.05) is 0 Å². The van der Waals surface area contributed by atoms with Gasteiger partial charge in [-0.1, -0.05) is 0 Å². The number of nitrogens with one attached hydrogen (secondary N) is 1. The second-order valence-corrected chi connectivity index (χ2v) is 24.2. The molecule has 40 heavy (non-hydrogen) atoms. The first-order valence-electron chi connectivity index (χ1n) is 15.4. The molecular formula is C36H49NO2Sn. The molecule has 0 spiro atoms. The van der Waals surface area contributed by atoms with E-state index in [2.05, 4.69) is 72.7 Å². The normalized spacial score (nSPS) is 13.0. The number of benzene rings is 3. The predicted molar refractivity (Wildman–Crippen MR) is 172 cm³/mol. The van der Waals surface area contributed by atoms with Crippen molar-refractivity contribution in [3.05, 3.63) is 118 Å². The van der Waals surface area contributed by atoms with Gasteiger partial charge in [0.25, 0.3) is 0 Å². The summed E-state index contributed by atoms with van der Waals surface area (Å²) in [4.78, 5) is 12.9. The molecule has 0 aromatic heterocycles. The van der Waals surface area contributed by atoms with Gasteiger partial charge in [-0.05, 0) is 0 Å². The van der Waals surface area contributed by atoms with Crippen LogP contribution in [-0.2, 0) is 10.3 Å². The third-order valence-corrected chi connectivity index (χ3v) is 22.5. The maximum atomic E-state index is 12.9. The molecule has 0 aliphatic heterocycles. The van der Waals surface area contributed by atoms with Gasteiger partial charge in [-0.15, -0.1) is 0 Å². The van der Waals surface area contributed by atoms with Crippen molar-refractivity contribution in [1.82, 2.24) is 5.32 Å². The van der Waals surface area contributed by atoms with E-state index >= 15 is 0 Å². The Morgan fingerprint density at radius 2 is 1.10 bits per heavy atom. The molecule has 3 aromatic carbocycles. The Hall–Kier alpha value is -2.37. The minimum absolute atomic E-state index is 0.479. The summed E-state index contributed by atoms with van der Waals surface area (Å²) in [6, 6.07) is 30.1. The second kappa shape index (κ2) is 16.8. The van der Waals surface area contributed by atoms with E-state index in [0.29, 0.717) is 6.42 Å². The average Bonchev–Trinajstić information content (AvgIpc) is 3.00. The molecule has 0 heterocycles. The molecule has 0 aliphatic carbocycles. The summed E-state index contributed by atoms with van der Waals surface area (Å²) < 4.78 is 6.75. The Balaban J connectivity index is 2.04. The van der Waals surface area contributed by atoms with Crippen LogP contribution in [-0.4, -0.2) is 35.5 Å². The molecule has 0 saturated carbocycles. The molecule has 0 bridgehead atoms. The first-order chi connectivity index (χ1) is 19.5. The Labute approximate surface area is 247 Å². The van der Waals surface area contributed by atoms with Gasteiger partial charge >= 0.3 is 248 Å². The van der Waals surface area contributed by atoms with E-state index in [1.807, 2.05) is 54.6 Å². The van der Waals surface area contributed by atoms with Gasteiger partial charge in [0.1, 0.15) is 0 Å². The van der Waals surface area contributed by atoms with Crippen LogP contribution in [0.4, 0.5) is 0 Å². The summed E-state index contributed by atoms with van der Waals surface area (Å²) in [7, 11) is 0. The number of carboxylic acids is 1. The fourth-order valence-electron chi connectivity index (χ4n) is 5.96. The first kappa shape index (κ1) is 32.1. The van der Waals surface area contributed by atoms with Crippen LogP contribution in [0, 0.1) is 0 Å². The summed E-state index contributed by atoms with van der Waals surface area (Å²) in [5, 5.41) is 14.3. The molecule has 1 atom stereocenters. The van der Waals surface area contributed by atoms with E-state index in [-0.39, 0.29) is 0 Å². The fourth-order valence-corrected chi connectivity index (χ4v) is 20.4. The first-order valence-corrected chi connectivity index (χ1v) is 23.1. The summed E-state index contributed by atoms with van der Waals surface area (Å²) in [5.74, 6) is -0.812. The minimum atomic E-state index is -2.52. The molecule has 214 valence electrons. The zero-order valence-corrected chi connectivity index (χ0v) is 27.7. The molecule has 4 heteroatoms. The number of hydrogen-bond donors (Lipinski definition) is 2. The van der Waals surface area contributed by atoms with Crippen molar-refractivity contribution in [3.8, 4) is 0 Å². The number of unbranched alkanes of at least 4 members (excludes halogenated alkanes) is 3. The van der Waals surface area contributed by atoms with Crippen molar-refractivity contribution < 1.29 is 9.90 Å². The molecular weight excluding hydrogens is 597 g/mol. The Morgan fingerprint density at radius 1 is 0.725 bits per heavy atom. The van der Waals surface area contributed by atoms with Crippen LogP contribution in [0.3, 0.4) is 0 Å². The van der Waals surface area contributed by atoms with Gasteiger partial charge in [0.15, 0.2) is 0 Å². The van der Waals surface area contributed by atoms with Gasteiger partial charge < -0.3 is 0 Å². The van der Waals surface area contributed by atoms with Gasteiger partial charge in [-0.3, -0.25) is 0 Å². The van der Waals surface area contributed by atoms with Crippen LogP contribution in [0.2, 0.25) is 13.3 Å². The number of rotatable bonds is 18. The molecule has 0 fully saturated rings. The van der Waals surface area contributed by atoms with Crippen LogP contribution in [0.5, 0.6) is 0 Å². The van der Waals surface area contributed by atoms with Crippen LogP contribution < -0.4 is 5.32 Å². The SMILES string of the molecule is CCC[CH2][Sn](/[CH]=C/C[C@H](NC(c1ccccc1)(c1ccccc1)c1ccccc1)C(=O)O)([CH2]CCC)[CH2]CCC. The molecule has 0 radical (unpaired) electrons. The Kier molecular flexibility index (Phi) is 13.5. The summed E-state index contributed by atoms with van der Waals surface area (Å²) in [6.45, 7) is 6.88. The number of aliphatic carboxylic acids is 1. The van der Waals surface area contributed by atoms with Crippen molar-refractivity contribution in [2.45, 2.75) is 90.6 Å². The Morgan fingerprint density at radius 3 is 1.43 bits per heavy atom. The molecule has 0 unspecified atom stereocenters. The maximum absolute atomic E-state index is 12.9. The molecule has 3 rings (SSSR count). The monoisotopic (exact) mass is 647 g/mol. The van der Waals surface area contributed by atoms with Crippen LogP contribution >= 0.6 is 0 Å². The topological polar surface area (TPSA) is 49.3 Å². The van der Waals surface area contributed by atoms with Crippen molar-refractivity contribution in [1.29, 1.82) is 0 Å². The summed E-state index contributed by atoms with van der Waals surface area (Å²) in [5.41, 5.74) is 2.30. The zero-order chi connectivity index (χ0) is 28.7. The van der Waals surface area contributed by atoms with E-state index < -0.39 is 35.9 Å². The van der Waals surface area contributed by atoms with E-state index in [0.717, 1.165) is 16.7 Å². The van der Waals surface area contributed by atoms with E-state index in [4.69, 9.17) is 0 Å².